The number of likely N-dealkylation sites (tertiary alicyclic amines) is 1. The lowest BCUT2D eigenvalue weighted by Gasteiger charge is -2.33. The number of nitrogens with zero attached hydrogens (tertiary/aromatic N) is 3. The number of aliphatic hydroxyl groups is 1. The molecule has 1 aromatic heterocycles. The van der Waals surface area contributed by atoms with Crippen LogP contribution in [0.4, 0.5) is 11.4 Å². The molecule has 3 aliphatic rings. The average Bonchev–Trinajstić information content (AvgIpc) is 3.55. The number of hydrogen-bond donors (Lipinski definition) is 3. The number of fused-ring (bicyclic) bond motifs is 2. The second-order valence-corrected chi connectivity index (χ2v) is 11.2. The Bertz CT molecular complexity index is 1690. The number of ether oxygens (including phenoxy) is 3. The van der Waals surface area contributed by atoms with Crippen LogP contribution in [-0.2, 0) is 6.42 Å². The fraction of sp³-hybridized carbons (Fsp3) is 0.375. The van der Waals surface area contributed by atoms with E-state index in [0.29, 0.717) is 57.4 Å². The van der Waals surface area contributed by atoms with Gasteiger partial charge in [0.25, 0.3) is 17.4 Å². The van der Waals surface area contributed by atoms with Gasteiger partial charge in [-0.3, -0.25) is 24.3 Å². The number of pyridine rings is 1. The molecule has 4 heterocycles. The van der Waals surface area contributed by atoms with Crippen molar-refractivity contribution >= 4 is 28.9 Å². The van der Waals surface area contributed by atoms with Gasteiger partial charge in [-0.05, 0) is 68.9 Å². The molecule has 0 aliphatic carbocycles. The largest absolute Gasteiger partial charge is 0.493 e. The number of rotatable bonds is 10. The van der Waals surface area contributed by atoms with Gasteiger partial charge in [0.15, 0.2) is 11.5 Å². The van der Waals surface area contributed by atoms with E-state index in [2.05, 4.69) is 15.2 Å². The van der Waals surface area contributed by atoms with Crippen LogP contribution < -0.4 is 25.1 Å². The summed E-state index contributed by atoms with van der Waals surface area (Å²) in [5, 5.41) is 13.8. The second-order valence-electron chi connectivity index (χ2n) is 11.2. The van der Waals surface area contributed by atoms with Crippen LogP contribution in [0.2, 0.25) is 0 Å². The van der Waals surface area contributed by atoms with Crippen molar-refractivity contribution in [1.29, 1.82) is 0 Å². The molecule has 1 unspecified atom stereocenters. The van der Waals surface area contributed by atoms with E-state index >= 15 is 0 Å². The lowest BCUT2D eigenvalue weighted by atomic mass is 10.00. The van der Waals surface area contributed by atoms with Crippen LogP contribution in [0.25, 0.3) is 0 Å². The van der Waals surface area contributed by atoms with Gasteiger partial charge in [-0.1, -0.05) is 0 Å². The third-order valence-corrected chi connectivity index (χ3v) is 8.36. The van der Waals surface area contributed by atoms with E-state index in [1.807, 2.05) is 7.05 Å². The molecular formula is C32H35N5O7. The molecule has 44 heavy (non-hydrogen) atoms. The average molecular weight is 602 g/mol. The monoisotopic (exact) mass is 601 g/mol. The predicted molar refractivity (Wildman–Crippen MR) is 164 cm³/mol. The highest BCUT2D eigenvalue weighted by molar-refractivity contribution is 6.22. The number of amides is 2. The Labute approximate surface area is 254 Å². The first-order chi connectivity index (χ1) is 21.3. The zero-order valence-electron chi connectivity index (χ0n) is 24.9. The maximum Gasteiger partial charge on any atom is 0.261 e. The van der Waals surface area contributed by atoms with Gasteiger partial charge in [-0.15, -0.1) is 0 Å². The molecule has 1 fully saturated rings. The molecule has 3 aliphatic heterocycles. The van der Waals surface area contributed by atoms with Crippen molar-refractivity contribution in [3.63, 3.8) is 0 Å². The number of imide groups is 1. The molecule has 0 radical (unpaired) electrons. The number of aliphatic imine (C=N–C) groups is 1. The van der Waals surface area contributed by atoms with Crippen LogP contribution in [0, 0.1) is 0 Å². The molecule has 12 nitrogen and oxygen atoms in total. The summed E-state index contributed by atoms with van der Waals surface area (Å²) < 4.78 is 16.3. The van der Waals surface area contributed by atoms with Crippen molar-refractivity contribution in [3.05, 3.63) is 75.2 Å². The number of aliphatic hydroxyl groups excluding tert-OH is 1. The highest BCUT2D eigenvalue weighted by Gasteiger charge is 2.42. The fourth-order valence-electron chi connectivity index (χ4n) is 5.98. The van der Waals surface area contributed by atoms with Crippen molar-refractivity contribution in [1.82, 2.24) is 14.8 Å². The van der Waals surface area contributed by atoms with E-state index < -0.39 is 6.10 Å². The van der Waals surface area contributed by atoms with Gasteiger partial charge in [0, 0.05) is 31.3 Å². The maximum atomic E-state index is 13.3. The first-order valence-corrected chi connectivity index (χ1v) is 14.6. The minimum absolute atomic E-state index is 0.00438. The van der Waals surface area contributed by atoms with E-state index in [1.54, 1.807) is 43.5 Å². The third-order valence-electron chi connectivity index (χ3n) is 8.36. The Balaban J connectivity index is 1.15. The number of H-pyrrole nitrogens is 1. The quantitative estimate of drug-likeness (QED) is 0.299. The second kappa shape index (κ2) is 12.1. The van der Waals surface area contributed by atoms with Gasteiger partial charge in [-0.25, -0.2) is 0 Å². The van der Waals surface area contributed by atoms with Gasteiger partial charge in [0.2, 0.25) is 0 Å². The van der Waals surface area contributed by atoms with Crippen LogP contribution in [0.5, 0.6) is 17.2 Å². The van der Waals surface area contributed by atoms with Crippen molar-refractivity contribution in [2.75, 3.05) is 52.8 Å². The predicted octanol–water partition coefficient (Wildman–Crippen LogP) is 2.61. The van der Waals surface area contributed by atoms with Gasteiger partial charge in [-0.2, -0.15) is 0 Å². The molecule has 12 heteroatoms. The number of hydrogen-bond acceptors (Lipinski definition) is 10. The zero-order valence-corrected chi connectivity index (χ0v) is 24.9. The molecule has 1 saturated heterocycles. The van der Waals surface area contributed by atoms with Gasteiger partial charge in [0.1, 0.15) is 18.5 Å². The molecule has 0 bridgehead atoms. The summed E-state index contributed by atoms with van der Waals surface area (Å²) in [5.41, 5.74) is 3.10. The summed E-state index contributed by atoms with van der Waals surface area (Å²) in [6.07, 6.45) is 2.46. The summed E-state index contributed by atoms with van der Waals surface area (Å²) in [7, 11) is 5.12. The normalized spacial score (nSPS) is 17.3. The molecule has 2 aromatic carbocycles. The Morgan fingerprint density at radius 3 is 2.48 bits per heavy atom. The number of nitrogens with one attached hydrogen (secondary N) is 2. The molecule has 6 rings (SSSR count). The number of carbonyl (C=O) groups is 2. The molecule has 1 atom stereocenters. The summed E-state index contributed by atoms with van der Waals surface area (Å²) >= 11 is 0. The van der Waals surface area contributed by atoms with Gasteiger partial charge in [0.05, 0.1) is 48.0 Å². The minimum atomic E-state index is -0.898. The fourth-order valence-corrected chi connectivity index (χ4v) is 5.98. The van der Waals surface area contributed by atoms with Crippen LogP contribution in [0.3, 0.4) is 0 Å². The van der Waals surface area contributed by atoms with E-state index in [0.717, 1.165) is 31.5 Å². The SMILES string of the molecule is COc1ccc(OCC(O)CNc2cc[nH]c(=O)c2C2=Nc3cc4c(cc3C2)C(=O)N(C2CCN(C)CC2)C4=O)cc1OC. The smallest absolute Gasteiger partial charge is 0.261 e. The zero-order chi connectivity index (χ0) is 31.0. The Morgan fingerprint density at radius 2 is 1.75 bits per heavy atom. The summed E-state index contributed by atoms with van der Waals surface area (Å²) in [6.45, 7) is 1.78. The van der Waals surface area contributed by atoms with Crippen molar-refractivity contribution in [2.24, 2.45) is 4.99 Å². The molecule has 3 aromatic rings. The minimum Gasteiger partial charge on any atom is -0.493 e. The number of methoxy groups -OCH3 is 2. The number of anilines is 1. The first kappa shape index (κ1) is 29.4. The Hall–Kier alpha value is -4.68. The van der Waals surface area contributed by atoms with E-state index in [-0.39, 0.29) is 36.6 Å². The summed E-state index contributed by atoms with van der Waals surface area (Å²) in [5.74, 6) is 1.04. The third kappa shape index (κ3) is 5.53. The summed E-state index contributed by atoms with van der Waals surface area (Å²) in [4.78, 5) is 50.7. The first-order valence-electron chi connectivity index (χ1n) is 14.6. The number of piperidine rings is 1. The van der Waals surface area contributed by atoms with Crippen molar-refractivity contribution < 1.29 is 28.9 Å². The van der Waals surface area contributed by atoms with Crippen molar-refractivity contribution in [3.8, 4) is 17.2 Å². The van der Waals surface area contributed by atoms with Crippen LogP contribution >= 0.6 is 0 Å². The number of benzene rings is 2. The molecule has 0 spiro atoms. The standard InChI is InChI=1S/C32H35N5O7/c1-36-10-7-19(8-11-36)37-31(40)22-12-18-13-26(35-25(18)15-23(22)32(37)41)29-24(6-9-33-30(29)39)34-16-20(38)17-44-21-4-5-27(42-2)28(14-21)43-3/h4-6,9,12,14-15,19-20,38H,7-8,10-11,13,16-17H2,1-3H3,(H2,33,34,39). The number of aromatic amines is 1. The van der Waals surface area contributed by atoms with E-state index in [4.69, 9.17) is 19.2 Å². The van der Waals surface area contributed by atoms with Crippen LogP contribution in [0.15, 0.2) is 52.4 Å². The Morgan fingerprint density at radius 1 is 1.02 bits per heavy atom. The van der Waals surface area contributed by atoms with Crippen molar-refractivity contribution in [2.45, 2.75) is 31.4 Å². The van der Waals surface area contributed by atoms with E-state index in [9.17, 15) is 19.5 Å². The number of aromatic nitrogens is 1. The van der Waals surface area contributed by atoms with Gasteiger partial charge < -0.3 is 34.5 Å². The van der Waals surface area contributed by atoms with Crippen LogP contribution in [-0.4, -0.2) is 97.1 Å². The molecule has 2 amide bonds. The van der Waals surface area contributed by atoms with Gasteiger partial charge >= 0.3 is 0 Å². The maximum absolute atomic E-state index is 13.3. The Kier molecular flexibility index (Phi) is 8.11. The molecule has 230 valence electrons. The molecular weight excluding hydrogens is 566 g/mol. The topological polar surface area (TPSA) is 146 Å². The lowest BCUT2D eigenvalue weighted by Crippen LogP contribution is -2.46. The number of carbonyl (C=O) groups excluding carboxylic acids is 2. The molecule has 3 N–H and O–H groups in total. The molecule has 0 saturated carbocycles. The summed E-state index contributed by atoms with van der Waals surface area (Å²) in [6, 6.07) is 10.1. The lowest BCUT2D eigenvalue weighted by molar-refractivity contribution is 0.0516. The highest BCUT2D eigenvalue weighted by atomic mass is 16.5. The highest BCUT2D eigenvalue weighted by Crippen LogP contribution is 2.37. The van der Waals surface area contributed by atoms with Crippen LogP contribution in [0.1, 0.15) is 44.7 Å². The van der Waals surface area contributed by atoms with E-state index in [1.165, 1.54) is 18.2 Å².